The van der Waals surface area contributed by atoms with Crippen molar-refractivity contribution < 1.29 is 0 Å². The molecule has 0 radical (unpaired) electrons. The summed E-state index contributed by atoms with van der Waals surface area (Å²) in [5, 5.41) is 0. The van der Waals surface area contributed by atoms with Crippen molar-refractivity contribution in [2.45, 2.75) is 46.1 Å². The van der Waals surface area contributed by atoms with Crippen LogP contribution in [0.15, 0.2) is 18.2 Å². The molecule has 0 amide bonds. The van der Waals surface area contributed by atoms with Crippen LogP contribution >= 0.6 is 0 Å². The second kappa shape index (κ2) is 6.53. The summed E-state index contributed by atoms with van der Waals surface area (Å²) in [4.78, 5) is 2.56. The van der Waals surface area contributed by atoms with Gasteiger partial charge < -0.3 is 5.73 Å². The van der Waals surface area contributed by atoms with Gasteiger partial charge in [0.1, 0.15) is 0 Å². The molecular weight excluding hydrogens is 232 g/mol. The molecule has 0 aliphatic heterocycles. The van der Waals surface area contributed by atoms with Crippen molar-refractivity contribution in [2.75, 3.05) is 19.6 Å². The van der Waals surface area contributed by atoms with E-state index in [9.17, 15) is 0 Å². The lowest BCUT2D eigenvalue weighted by molar-refractivity contribution is 0.141. The van der Waals surface area contributed by atoms with E-state index in [2.05, 4.69) is 43.9 Å². The van der Waals surface area contributed by atoms with E-state index in [1.54, 1.807) is 0 Å². The number of aryl methyl sites for hydroxylation is 2. The largest absolute Gasteiger partial charge is 0.329 e. The van der Waals surface area contributed by atoms with Crippen LogP contribution in [0.5, 0.6) is 0 Å². The Kier molecular flexibility index (Phi) is 5.00. The van der Waals surface area contributed by atoms with E-state index in [0.29, 0.717) is 12.6 Å². The monoisotopic (exact) mass is 260 g/mol. The average Bonchev–Trinajstić information content (AvgIpc) is 2.36. The predicted molar refractivity (Wildman–Crippen MR) is 82.3 cm³/mol. The number of nitrogens with two attached hydrogens (primary N) is 1. The van der Waals surface area contributed by atoms with Gasteiger partial charge in [-0.2, -0.15) is 0 Å². The fourth-order valence-corrected chi connectivity index (χ4v) is 2.95. The van der Waals surface area contributed by atoms with Crippen LogP contribution in [0.4, 0.5) is 0 Å². The summed E-state index contributed by atoms with van der Waals surface area (Å²) in [5.41, 5.74) is 10.2. The number of hydrogen-bond donors (Lipinski definition) is 1. The maximum absolute atomic E-state index is 6.06. The zero-order chi connectivity index (χ0) is 13.8. The minimum atomic E-state index is 0.380. The summed E-state index contributed by atoms with van der Waals surface area (Å²) in [6, 6.07) is 7.18. The highest BCUT2D eigenvalue weighted by molar-refractivity contribution is 5.32. The van der Waals surface area contributed by atoms with Gasteiger partial charge in [-0.3, -0.25) is 4.90 Å². The Hall–Kier alpha value is -0.860. The van der Waals surface area contributed by atoms with Crippen LogP contribution in [0.2, 0.25) is 0 Å². The number of rotatable bonds is 6. The van der Waals surface area contributed by atoms with Crippen molar-refractivity contribution in [2.24, 2.45) is 11.7 Å². The molecule has 2 nitrogen and oxygen atoms in total. The minimum Gasteiger partial charge on any atom is -0.329 e. The van der Waals surface area contributed by atoms with Crippen molar-refractivity contribution in [1.29, 1.82) is 0 Å². The van der Waals surface area contributed by atoms with Gasteiger partial charge in [0, 0.05) is 19.1 Å². The number of hydrogen-bond acceptors (Lipinski definition) is 2. The lowest BCUT2D eigenvalue weighted by Crippen LogP contribution is -2.38. The van der Waals surface area contributed by atoms with Gasteiger partial charge in [-0.25, -0.2) is 0 Å². The van der Waals surface area contributed by atoms with Crippen LogP contribution in [-0.4, -0.2) is 24.5 Å². The number of likely N-dealkylation sites (N-methyl/N-ethyl adjacent to an activating group) is 1. The molecule has 0 aromatic heterocycles. The molecule has 0 heterocycles. The summed E-state index contributed by atoms with van der Waals surface area (Å²) in [6.07, 6.45) is 4.22. The summed E-state index contributed by atoms with van der Waals surface area (Å²) >= 11 is 0. The molecule has 2 rings (SSSR count). The smallest absolute Gasteiger partial charge is 0.0470 e. The van der Waals surface area contributed by atoms with E-state index < -0.39 is 0 Å². The second-order valence-corrected chi connectivity index (χ2v) is 5.98. The number of nitrogens with zero attached hydrogens (tertiary/aromatic N) is 1. The van der Waals surface area contributed by atoms with E-state index in [-0.39, 0.29) is 0 Å². The SMILES string of the molecule is CCN(CC1CCC1)C(CN)c1ccc(C)c(C)c1. The second-order valence-electron chi connectivity index (χ2n) is 5.98. The predicted octanol–water partition coefficient (Wildman–Crippen LogP) is 3.43. The molecule has 1 fully saturated rings. The van der Waals surface area contributed by atoms with Crippen LogP contribution < -0.4 is 5.73 Å². The van der Waals surface area contributed by atoms with E-state index in [4.69, 9.17) is 5.73 Å². The molecule has 1 aromatic rings. The Labute approximate surface area is 118 Å². The normalized spacial score (nSPS) is 17.5. The molecule has 0 bridgehead atoms. The molecule has 106 valence electrons. The molecule has 2 heteroatoms. The third-order valence-electron chi connectivity index (χ3n) is 4.70. The molecule has 1 aliphatic carbocycles. The fourth-order valence-electron chi connectivity index (χ4n) is 2.95. The molecule has 0 saturated heterocycles. The van der Waals surface area contributed by atoms with E-state index in [0.717, 1.165) is 12.5 Å². The Morgan fingerprint density at radius 1 is 1.26 bits per heavy atom. The summed E-state index contributed by atoms with van der Waals surface area (Å²) in [7, 11) is 0. The molecular formula is C17H28N2. The van der Waals surface area contributed by atoms with E-state index in [1.165, 1.54) is 42.5 Å². The van der Waals surface area contributed by atoms with Gasteiger partial charge in [0.05, 0.1) is 0 Å². The van der Waals surface area contributed by atoms with Crippen molar-refractivity contribution in [3.8, 4) is 0 Å². The minimum absolute atomic E-state index is 0.380. The highest BCUT2D eigenvalue weighted by atomic mass is 15.2. The van der Waals surface area contributed by atoms with Gasteiger partial charge in [-0.1, -0.05) is 31.5 Å². The standard InChI is InChI=1S/C17H28N2/c1-4-19(12-15-6-5-7-15)17(11-18)16-9-8-13(2)14(3)10-16/h8-10,15,17H,4-7,11-12,18H2,1-3H3. The molecule has 19 heavy (non-hydrogen) atoms. The Balaban J connectivity index is 2.13. The van der Waals surface area contributed by atoms with Gasteiger partial charge >= 0.3 is 0 Å². The van der Waals surface area contributed by atoms with E-state index >= 15 is 0 Å². The topological polar surface area (TPSA) is 29.3 Å². The molecule has 0 spiro atoms. The van der Waals surface area contributed by atoms with Gasteiger partial charge in [0.15, 0.2) is 0 Å². The van der Waals surface area contributed by atoms with Crippen LogP contribution in [-0.2, 0) is 0 Å². The first kappa shape index (κ1) is 14.5. The third-order valence-corrected chi connectivity index (χ3v) is 4.70. The first-order valence-electron chi connectivity index (χ1n) is 7.67. The molecule has 1 aromatic carbocycles. The number of benzene rings is 1. The molecule has 1 unspecified atom stereocenters. The first-order chi connectivity index (χ1) is 9.15. The molecule has 1 aliphatic rings. The average molecular weight is 260 g/mol. The van der Waals surface area contributed by atoms with Gasteiger partial charge in [0.25, 0.3) is 0 Å². The Morgan fingerprint density at radius 2 is 2.00 bits per heavy atom. The highest BCUT2D eigenvalue weighted by Gasteiger charge is 2.24. The summed E-state index contributed by atoms with van der Waals surface area (Å²) in [6.45, 7) is 9.62. The van der Waals surface area contributed by atoms with Gasteiger partial charge in [-0.05, 0) is 55.8 Å². The van der Waals surface area contributed by atoms with Crippen molar-refractivity contribution in [3.05, 3.63) is 34.9 Å². The van der Waals surface area contributed by atoms with Gasteiger partial charge in [0.2, 0.25) is 0 Å². The lowest BCUT2D eigenvalue weighted by atomic mass is 9.84. The maximum atomic E-state index is 6.06. The molecule has 1 atom stereocenters. The lowest BCUT2D eigenvalue weighted by Gasteiger charge is -2.36. The highest BCUT2D eigenvalue weighted by Crippen LogP contribution is 2.30. The van der Waals surface area contributed by atoms with Crippen LogP contribution in [0.3, 0.4) is 0 Å². The third kappa shape index (κ3) is 3.37. The zero-order valence-electron chi connectivity index (χ0n) is 12.7. The van der Waals surface area contributed by atoms with Gasteiger partial charge in [-0.15, -0.1) is 0 Å². The molecule has 2 N–H and O–H groups in total. The van der Waals surface area contributed by atoms with E-state index in [1.807, 2.05) is 0 Å². The van der Waals surface area contributed by atoms with Crippen LogP contribution in [0.1, 0.15) is 48.9 Å². The van der Waals surface area contributed by atoms with Crippen LogP contribution in [0.25, 0.3) is 0 Å². The van der Waals surface area contributed by atoms with Crippen molar-refractivity contribution in [3.63, 3.8) is 0 Å². The Bertz CT molecular complexity index is 410. The fraction of sp³-hybridized carbons (Fsp3) is 0.647. The van der Waals surface area contributed by atoms with Crippen molar-refractivity contribution >= 4 is 0 Å². The first-order valence-corrected chi connectivity index (χ1v) is 7.67. The zero-order valence-corrected chi connectivity index (χ0v) is 12.7. The van der Waals surface area contributed by atoms with Crippen LogP contribution in [0, 0.1) is 19.8 Å². The Morgan fingerprint density at radius 3 is 2.47 bits per heavy atom. The quantitative estimate of drug-likeness (QED) is 0.849. The summed E-state index contributed by atoms with van der Waals surface area (Å²) < 4.78 is 0. The maximum Gasteiger partial charge on any atom is 0.0470 e. The van der Waals surface area contributed by atoms with Crippen molar-refractivity contribution in [1.82, 2.24) is 4.90 Å². The summed E-state index contributed by atoms with van der Waals surface area (Å²) in [5.74, 6) is 0.903. The molecule has 1 saturated carbocycles.